The minimum atomic E-state index is -4.54. The second-order valence-electron chi connectivity index (χ2n) is 8.44. The fourth-order valence-corrected chi connectivity index (χ4v) is 4.24. The number of aromatic nitrogens is 6. The molecule has 1 aromatic carbocycles. The molecule has 4 heterocycles. The SMILES string of the molecule is Cc1cc(=O)c(C(=O)N2CCN(c3ncnc4c3cnn4C)CC2)nn1-c1cccc(C(F)(F)F)c1. The van der Waals surface area contributed by atoms with Crippen molar-refractivity contribution in [2.24, 2.45) is 7.05 Å². The van der Waals surface area contributed by atoms with Crippen LogP contribution in [0, 0.1) is 6.92 Å². The van der Waals surface area contributed by atoms with Gasteiger partial charge in [0, 0.05) is 45.0 Å². The predicted octanol–water partition coefficient (Wildman–Crippen LogP) is 2.20. The van der Waals surface area contributed by atoms with Crippen molar-refractivity contribution in [2.45, 2.75) is 13.1 Å². The van der Waals surface area contributed by atoms with Crippen LogP contribution in [0.4, 0.5) is 19.0 Å². The number of amides is 1. The van der Waals surface area contributed by atoms with Crippen molar-refractivity contribution in [1.82, 2.24) is 34.4 Å². The zero-order valence-corrected chi connectivity index (χ0v) is 19.4. The molecule has 13 heteroatoms. The molecule has 0 aliphatic carbocycles. The lowest BCUT2D eigenvalue weighted by molar-refractivity contribution is -0.137. The zero-order chi connectivity index (χ0) is 25.6. The number of aryl methyl sites for hydroxylation is 2. The van der Waals surface area contributed by atoms with Gasteiger partial charge in [0.1, 0.15) is 12.1 Å². The smallest absolute Gasteiger partial charge is 0.352 e. The highest BCUT2D eigenvalue weighted by Gasteiger charge is 2.31. The van der Waals surface area contributed by atoms with Gasteiger partial charge in [-0.05, 0) is 25.1 Å². The Labute approximate surface area is 202 Å². The first-order valence-corrected chi connectivity index (χ1v) is 11.1. The summed E-state index contributed by atoms with van der Waals surface area (Å²) in [5.74, 6) is 0.134. The van der Waals surface area contributed by atoms with E-state index >= 15 is 0 Å². The molecule has 0 saturated carbocycles. The van der Waals surface area contributed by atoms with E-state index < -0.39 is 23.1 Å². The Morgan fingerprint density at radius 3 is 2.53 bits per heavy atom. The third-order valence-corrected chi connectivity index (χ3v) is 6.10. The van der Waals surface area contributed by atoms with Crippen LogP contribution in [-0.4, -0.2) is 66.5 Å². The van der Waals surface area contributed by atoms with Crippen LogP contribution in [0.25, 0.3) is 16.7 Å². The minimum Gasteiger partial charge on any atom is -0.352 e. The van der Waals surface area contributed by atoms with Gasteiger partial charge in [0.2, 0.25) is 5.43 Å². The first kappa shape index (κ1) is 23.5. The van der Waals surface area contributed by atoms with E-state index in [0.717, 1.165) is 17.5 Å². The topological polar surface area (TPSA) is 102 Å². The monoisotopic (exact) mass is 498 g/mol. The van der Waals surface area contributed by atoms with E-state index in [1.807, 2.05) is 4.90 Å². The molecule has 5 rings (SSSR count). The van der Waals surface area contributed by atoms with E-state index in [1.165, 1.54) is 34.1 Å². The summed E-state index contributed by atoms with van der Waals surface area (Å²) >= 11 is 0. The molecule has 0 N–H and O–H groups in total. The van der Waals surface area contributed by atoms with Gasteiger partial charge in [-0.25, -0.2) is 14.6 Å². The normalized spacial score (nSPS) is 14.5. The number of fused-ring (bicyclic) bond motifs is 1. The lowest BCUT2D eigenvalue weighted by Gasteiger charge is -2.35. The van der Waals surface area contributed by atoms with Crippen LogP contribution in [0.15, 0.2) is 47.7 Å². The number of nitrogens with zero attached hydrogens (tertiary/aromatic N) is 8. The van der Waals surface area contributed by atoms with Crippen LogP contribution < -0.4 is 10.3 Å². The summed E-state index contributed by atoms with van der Waals surface area (Å²) in [7, 11) is 1.79. The third-order valence-electron chi connectivity index (χ3n) is 6.10. The van der Waals surface area contributed by atoms with Crippen molar-refractivity contribution in [2.75, 3.05) is 31.1 Å². The molecule has 0 bridgehead atoms. The van der Waals surface area contributed by atoms with Gasteiger partial charge in [0.25, 0.3) is 5.91 Å². The number of alkyl halides is 3. The van der Waals surface area contributed by atoms with Gasteiger partial charge in [-0.2, -0.15) is 23.4 Å². The van der Waals surface area contributed by atoms with Crippen molar-refractivity contribution >= 4 is 22.8 Å². The van der Waals surface area contributed by atoms with Crippen LogP contribution >= 0.6 is 0 Å². The molecule has 0 radical (unpaired) electrons. The van der Waals surface area contributed by atoms with Crippen molar-refractivity contribution in [3.05, 3.63) is 70.0 Å². The average molecular weight is 498 g/mol. The Kier molecular flexibility index (Phi) is 5.69. The molecule has 4 aromatic rings. The molecule has 10 nitrogen and oxygen atoms in total. The van der Waals surface area contributed by atoms with E-state index in [9.17, 15) is 22.8 Å². The van der Waals surface area contributed by atoms with Gasteiger partial charge in [0.15, 0.2) is 11.3 Å². The summed E-state index contributed by atoms with van der Waals surface area (Å²) in [6.45, 7) is 3.08. The lowest BCUT2D eigenvalue weighted by Crippen LogP contribution is -2.50. The van der Waals surface area contributed by atoms with E-state index in [1.54, 1.807) is 24.9 Å². The predicted molar refractivity (Wildman–Crippen MR) is 124 cm³/mol. The standard InChI is InChI=1S/C23H21F3N8O2/c1-14-10-18(35)19(30-34(14)16-5-3-4-15(11-16)23(24,25)26)22(36)33-8-6-32(7-9-33)21-17-12-29-31(2)20(17)27-13-28-21/h3-5,10-13H,6-9H2,1-2H3. The lowest BCUT2D eigenvalue weighted by atomic mass is 10.2. The maximum Gasteiger partial charge on any atom is 0.416 e. The second-order valence-corrected chi connectivity index (χ2v) is 8.44. The van der Waals surface area contributed by atoms with Crippen LogP contribution in [0.5, 0.6) is 0 Å². The molecule has 36 heavy (non-hydrogen) atoms. The van der Waals surface area contributed by atoms with Crippen LogP contribution in [0.3, 0.4) is 0 Å². The maximum absolute atomic E-state index is 13.2. The molecule has 1 amide bonds. The van der Waals surface area contributed by atoms with Crippen LogP contribution in [-0.2, 0) is 13.2 Å². The summed E-state index contributed by atoms with van der Waals surface area (Å²) in [6, 6.07) is 5.77. The van der Waals surface area contributed by atoms with Gasteiger partial charge in [-0.3, -0.25) is 14.3 Å². The van der Waals surface area contributed by atoms with Gasteiger partial charge in [-0.15, -0.1) is 0 Å². The fraction of sp³-hybridized carbons (Fsp3) is 0.304. The fourth-order valence-electron chi connectivity index (χ4n) is 4.24. The van der Waals surface area contributed by atoms with Crippen LogP contribution in [0.1, 0.15) is 21.7 Å². The highest BCUT2D eigenvalue weighted by molar-refractivity contribution is 5.92. The highest BCUT2D eigenvalue weighted by atomic mass is 19.4. The van der Waals surface area contributed by atoms with E-state index in [2.05, 4.69) is 20.2 Å². The number of halogens is 3. The van der Waals surface area contributed by atoms with E-state index in [0.29, 0.717) is 43.3 Å². The van der Waals surface area contributed by atoms with E-state index in [-0.39, 0.29) is 11.4 Å². The largest absolute Gasteiger partial charge is 0.416 e. The summed E-state index contributed by atoms with van der Waals surface area (Å²) in [4.78, 5) is 38.0. The van der Waals surface area contributed by atoms with E-state index in [4.69, 9.17) is 0 Å². The molecule has 1 saturated heterocycles. The molecule has 0 unspecified atom stereocenters. The Morgan fingerprint density at radius 1 is 1.06 bits per heavy atom. The Hall–Kier alpha value is -4.29. The van der Waals surface area contributed by atoms with Crippen molar-refractivity contribution < 1.29 is 18.0 Å². The Bertz CT molecular complexity index is 1520. The Morgan fingerprint density at radius 2 is 1.81 bits per heavy atom. The summed E-state index contributed by atoms with van der Waals surface area (Å²) in [6.07, 6.45) is -1.38. The molecule has 1 fully saturated rings. The molecule has 1 aliphatic heterocycles. The molecule has 1 aliphatic rings. The number of piperazine rings is 1. The molecule has 3 aromatic heterocycles. The number of hydrogen-bond donors (Lipinski definition) is 0. The first-order valence-electron chi connectivity index (χ1n) is 11.1. The van der Waals surface area contributed by atoms with Gasteiger partial charge < -0.3 is 9.80 Å². The minimum absolute atomic E-state index is 0.102. The average Bonchev–Trinajstić information content (AvgIpc) is 3.24. The Balaban J connectivity index is 1.39. The maximum atomic E-state index is 13.2. The van der Waals surface area contributed by atoms with Crippen molar-refractivity contribution in [1.29, 1.82) is 0 Å². The van der Waals surface area contributed by atoms with Gasteiger partial charge in [0.05, 0.1) is 22.8 Å². The van der Waals surface area contributed by atoms with Gasteiger partial charge >= 0.3 is 6.18 Å². The first-order chi connectivity index (χ1) is 17.1. The number of carbonyl (C=O) groups is 1. The second kappa shape index (κ2) is 8.73. The molecule has 0 spiro atoms. The van der Waals surface area contributed by atoms with Crippen LogP contribution in [0.2, 0.25) is 0 Å². The number of anilines is 1. The molecule has 186 valence electrons. The number of carbonyl (C=O) groups excluding carboxylic acids is 1. The van der Waals surface area contributed by atoms with Crippen molar-refractivity contribution in [3.63, 3.8) is 0 Å². The number of rotatable bonds is 3. The molecule has 0 atom stereocenters. The summed E-state index contributed by atoms with van der Waals surface area (Å²) in [5.41, 5.74) is -0.677. The molecular weight excluding hydrogens is 477 g/mol. The van der Waals surface area contributed by atoms with Gasteiger partial charge in [-0.1, -0.05) is 6.07 Å². The third kappa shape index (κ3) is 4.16. The quantitative estimate of drug-likeness (QED) is 0.427. The number of hydrogen-bond acceptors (Lipinski definition) is 7. The summed E-state index contributed by atoms with van der Waals surface area (Å²) < 4.78 is 42.4. The number of benzene rings is 1. The molecular formula is C23H21F3N8O2. The van der Waals surface area contributed by atoms with Crippen molar-refractivity contribution in [3.8, 4) is 5.69 Å². The summed E-state index contributed by atoms with van der Waals surface area (Å²) in [5, 5.41) is 9.18. The zero-order valence-electron chi connectivity index (χ0n) is 19.4. The highest BCUT2D eigenvalue weighted by Crippen LogP contribution is 2.30.